The first-order valence-corrected chi connectivity index (χ1v) is 8.49. The Balaban J connectivity index is 2.11. The molecule has 0 atom stereocenters. The fourth-order valence-corrected chi connectivity index (χ4v) is 4.22. The van der Waals surface area contributed by atoms with Crippen LogP contribution >= 0.6 is 11.3 Å². The van der Waals surface area contributed by atoms with Gasteiger partial charge in [0.25, 0.3) is 10.0 Å². The van der Waals surface area contributed by atoms with Crippen molar-refractivity contribution in [3.8, 4) is 0 Å². The Morgan fingerprint density at radius 1 is 0.950 bits per heavy atom. The zero-order valence-electron chi connectivity index (χ0n) is 10.8. The standard InChI is InChI=1S/C15H13NO2S2/c1-11-8-9-14(13-6-3-2-5-12(11)13)16-20(17,18)15-7-4-10-19-15/h2-10,16H,1H3. The maximum atomic E-state index is 12.3. The number of benzene rings is 2. The molecule has 0 bridgehead atoms. The van der Waals surface area contributed by atoms with Crippen molar-refractivity contribution in [2.75, 3.05) is 4.72 Å². The van der Waals surface area contributed by atoms with Gasteiger partial charge in [-0.1, -0.05) is 36.4 Å². The molecule has 0 aliphatic carbocycles. The summed E-state index contributed by atoms with van der Waals surface area (Å²) in [5.41, 5.74) is 1.74. The number of nitrogens with one attached hydrogen (secondary N) is 1. The molecule has 0 spiro atoms. The van der Waals surface area contributed by atoms with Gasteiger partial charge in [-0.15, -0.1) is 11.3 Å². The van der Waals surface area contributed by atoms with Crippen molar-refractivity contribution < 1.29 is 8.42 Å². The number of rotatable bonds is 3. The lowest BCUT2D eigenvalue weighted by molar-refractivity contribution is 0.603. The predicted octanol–water partition coefficient (Wildman–Crippen LogP) is 4.01. The lowest BCUT2D eigenvalue weighted by Gasteiger charge is -2.11. The molecule has 2 aromatic carbocycles. The van der Waals surface area contributed by atoms with E-state index < -0.39 is 10.0 Å². The van der Waals surface area contributed by atoms with Crippen LogP contribution in [-0.4, -0.2) is 8.42 Å². The normalized spacial score (nSPS) is 11.7. The molecule has 0 fully saturated rings. The first-order chi connectivity index (χ1) is 9.58. The van der Waals surface area contributed by atoms with Crippen molar-refractivity contribution in [3.05, 3.63) is 59.5 Å². The van der Waals surface area contributed by atoms with Crippen molar-refractivity contribution in [3.63, 3.8) is 0 Å². The summed E-state index contributed by atoms with van der Waals surface area (Å²) >= 11 is 1.21. The number of sulfonamides is 1. The topological polar surface area (TPSA) is 46.2 Å². The fraction of sp³-hybridized carbons (Fsp3) is 0.0667. The number of fused-ring (bicyclic) bond motifs is 1. The minimum atomic E-state index is -3.51. The number of aryl methyl sites for hydroxylation is 1. The van der Waals surface area contributed by atoms with Crippen molar-refractivity contribution in [2.45, 2.75) is 11.1 Å². The van der Waals surface area contributed by atoms with E-state index in [2.05, 4.69) is 4.72 Å². The number of hydrogen-bond acceptors (Lipinski definition) is 3. The van der Waals surface area contributed by atoms with E-state index in [-0.39, 0.29) is 0 Å². The summed E-state index contributed by atoms with van der Waals surface area (Å²) in [4.78, 5) is 0. The molecule has 5 heteroatoms. The van der Waals surface area contributed by atoms with Crippen LogP contribution in [-0.2, 0) is 10.0 Å². The monoisotopic (exact) mass is 303 g/mol. The van der Waals surface area contributed by atoms with Crippen LogP contribution in [0.2, 0.25) is 0 Å². The molecule has 0 amide bonds. The summed E-state index contributed by atoms with van der Waals surface area (Å²) < 4.78 is 27.6. The third-order valence-electron chi connectivity index (χ3n) is 3.15. The van der Waals surface area contributed by atoms with Gasteiger partial charge in [-0.25, -0.2) is 8.42 Å². The molecule has 3 aromatic rings. The molecule has 102 valence electrons. The van der Waals surface area contributed by atoms with E-state index in [4.69, 9.17) is 0 Å². The van der Waals surface area contributed by atoms with Crippen molar-refractivity contribution >= 4 is 37.8 Å². The Labute approximate surface area is 121 Å². The van der Waals surface area contributed by atoms with Gasteiger partial charge in [0.05, 0.1) is 5.69 Å². The largest absolute Gasteiger partial charge is 0.278 e. The van der Waals surface area contributed by atoms with Crippen molar-refractivity contribution in [1.82, 2.24) is 0 Å². The summed E-state index contributed by atoms with van der Waals surface area (Å²) in [5, 5.41) is 3.72. The maximum absolute atomic E-state index is 12.3. The van der Waals surface area contributed by atoms with Crippen LogP contribution in [0.1, 0.15) is 5.56 Å². The minimum absolute atomic E-state index is 0.321. The third-order valence-corrected chi connectivity index (χ3v) is 5.91. The SMILES string of the molecule is Cc1ccc(NS(=O)(=O)c2cccs2)c2ccccc12. The Bertz CT molecular complexity index is 853. The van der Waals surface area contributed by atoms with Crippen LogP contribution in [0, 0.1) is 6.92 Å². The van der Waals surface area contributed by atoms with Crippen LogP contribution in [0.5, 0.6) is 0 Å². The van der Waals surface area contributed by atoms with Gasteiger partial charge >= 0.3 is 0 Å². The first kappa shape index (κ1) is 13.1. The van der Waals surface area contributed by atoms with Gasteiger partial charge < -0.3 is 0 Å². The van der Waals surface area contributed by atoms with E-state index in [0.29, 0.717) is 9.90 Å². The van der Waals surface area contributed by atoms with Crippen molar-refractivity contribution in [2.24, 2.45) is 0 Å². The second kappa shape index (κ2) is 4.92. The predicted molar refractivity (Wildman–Crippen MR) is 83.8 cm³/mol. The van der Waals surface area contributed by atoms with Gasteiger partial charge in [0.1, 0.15) is 4.21 Å². The smallest absolute Gasteiger partial charge is 0.271 e. The molecule has 0 unspecified atom stereocenters. The molecule has 3 nitrogen and oxygen atoms in total. The first-order valence-electron chi connectivity index (χ1n) is 6.12. The lowest BCUT2D eigenvalue weighted by Crippen LogP contribution is -2.11. The second-order valence-electron chi connectivity index (χ2n) is 4.51. The van der Waals surface area contributed by atoms with E-state index in [0.717, 1.165) is 16.3 Å². The van der Waals surface area contributed by atoms with E-state index in [1.54, 1.807) is 17.5 Å². The van der Waals surface area contributed by atoms with Gasteiger partial charge in [-0.05, 0) is 35.4 Å². The summed E-state index contributed by atoms with van der Waals surface area (Å²) in [6, 6.07) is 14.8. The molecule has 0 saturated carbocycles. The molecule has 1 aromatic heterocycles. The average Bonchev–Trinajstić information content (AvgIpc) is 2.97. The van der Waals surface area contributed by atoms with Crippen molar-refractivity contribution in [1.29, 1.82) is 0 Å². The summed E-state index contributed by atoms with van der Waals surface area (Å²) in [6.07, 6.45) is 0. The molecule has 1 heterocycles. The van der Waals surface area contributed by atoms with Crippen LogP contribution in [0.15, 0.2) is 58.1 Å². The van der Waals surface area contributed by atoms with Gasteiger partial charge in [0, 0.05) is 5.39 Å². The maximum Gasteiger partial charge on any atom is 0.271 e. The van der Waals surface area contributed by atoms with Gasteiger partial charge in [0.15, 0.2) is 0 Å². The van der Waals surface area contributed by atoms with E-state index in [1.165, 1.54) is 11.3 Å². The average molecular weight is 303 g/mol. The highest BCUT2D eigenvalue weighted by atomic mass is 32.2. The lowest BCUT2D eigenvalue weighted by atomic mass is 10.0. The minimum Gasteiger partial charge on any atom is -0.278 e. The number of hydrogen-bond donors (Lipinski definition) is 1. The molecule has 0 radical (unpaired) electrons. The van der Waals surface area contributed by atoms with Gasteiger partial charge in [-0.3, -0.25) is 4.72 Å². The molecular formula is C15H13NO2S2. The van der Waals surface area contributed by atoms with Crippen LogP contribution in [0.25, 0.3) is 10.8 Å². The molecule has 3 rings (SSSR count). The molecule has 20 heavy (non-hydrogen) atoms. The Morgan fingerprint density at radius 3 is 2.40 bits per heavy atom. The summed E-state index contributed by atoms with van der Waals surface area (Å²) in [5.74, 6) is 0. The Kier molecular flexibility index (Phi) is 3.23. The van der Waals surface area contributed by atoms with Crippen LogP contribution in [0.4, 0.5) is 5.69 Å². The highest BCUT2D eigenvalue weighted by Crippen LogP contribution is 2.28. The van der Waals surface area contributed by atoms with Gasteiger partial charge in [-0.2, -0.15) is 0 Å². The zero-order valence-corrected chi connectivity index (χ0v) is 12.5. The zero-order chi connectivity index (χ0) is 14.2. The van der Waals surface area contributed by atoms with Crippen LogP contribution in [0.3, 0.4) is 0 Å². The molecular weight excluding hydrogens is 290 g/mol. The number of thiophene rings is 1. The molecule has 0 aliphatic rings. The molecule has 0 saturated heterocycles. The highest BCUT2D eigenvalue weighted by molar-refractivity contribution is 7.94. The number of anilines is 1. The van der Waals surface area contributed by atoms with Gasteiger partial charge in [0.2, 0.25) is 0 Å². The molecule has 0 aliphatic heterocycles. The summed E-state index contributed by atoms with van der Waals surface area (Å²) in [7, 11) is -3.51. The van der Waals surface area contributed by atoms with Crippen LogP contribution < -0.4 is 4.72 Å². The van der Waals surface area contributed by atoms with E-state index in [1.807, 2.05) is 43.3 Å². The fourth-order valence-electron chi connectivity index (χ4n) is 2.15. The second-order valence-corrected chi connectivity index (χ2v) is 7.37. The quantitative estimate of drug-likeness (QED) is 0.794. The van der Waals surface area contributed by atoms with E-state index in [9.17, 15) is 8.42 Å². The van der Waals surface area contributed by atoms with E-state index >= 15 is 0 Å². The third kappa shape index (κ3) is 2.30. The Hall–Kier alpha value is -1.85. The highest BCUT2D eigenvalue weighted by Gasteiger charge is 2.16. The summed E-state index contributed by atoms with van der Waals surface area (Å²) in [6.45, 7) is 2.01. The molecule has 1 N–H and O–H groups in total. The Morgan fingerprint density at radius 2 is 1.70 bits per heavy atom.